The van der Waals surface area contributed by atoms with E-state index < -0.39 is 0 Å². The number of benzene rings is 1. The molecule has 2 aromatic rings. The fourth-order valence-electron chi connectivity index (χ4n) is 3.56. The zero-order valence-electron chi connectivity index (χ0n) is 10.0. The van der Waals surface area contributed by atoms with Gasteiger partial charge in [-0.3, -0.25) is 4.79 Å². The maximum Gasteiger partial charge on any atom is 0.258 e. The summed E-state index contributed by atoms with van der Waals surface area (Å²) in [7, 11) is 0. The number of rotatable bonds is 1. The molecule has 3 unspecified atom stereocenters. The zero-order chi connectivity index (χ0) is 12.1. The lowest BCUT2D eigenvalue weighted by molar-refractivity contribution is 0.441. The predicted octanol–water partition coefficient (Wildman–Crippen LogP) is 1.39. The number of nitrogens with zero attached hydrogens (tertiary/aromatic N) is 1. The second-order valence-electron chi connectivity index (χ2n) is 5.45. The van der Waals surface area contributed by atoms with E-state index in [2.05, 4.69) is 21.4 Å². The summed E-state index contributed by atoms with van der Waals surface area (Å²) in [5, 5.41) is 4.24. The van der Waals surface area contributed by atoms with Gasteiger partial charge in [0, 0.05) is 6.04 Å². The van der Waals surface area contributed by atoms with Gasteiger partial charge in [-0.25, -0.2) is 4.98 Å². The molecule has 2 aliphatic rings. The molecule has 1 aromatic carbocycles. The van der Waals surface area contributed by atoms with Crippen LogP contribution in [0.2, 0.25) is 0 Å². The van der Waals surface area contributed by atoms with Gasteiger partial charge in [0.15, 0.2) is 0 Å². The molecule has 18 heavy (non-hydrogen) atoms. The third-order valence-corrected chi connectivity index (χ3v) is 4.46. The highest BCUT2D eigenvalue weighted by Gasteiger charge is 2.39. The Balaban J connectivity index is 1.82. The number of aromatic nitrogens is 2. The van der Waals surface area contributed by atoms with Crippen molar-refractivity contribution in [3.63, 3.8) is 0 Å². The van der Waals surface area contributed by atoms with Gasteiger partial charge in [-0.2, -0.15) is 0 Å². The molecule has 1 aliphatic heterocycles. The highest BCUT2D eigenvalue weighted by Crippen LogP contribution is 2.43. The largest absolute Gasteiger partial charge is 0.314 e. The van der Waals surface area contributed by atoms with E-state index in [0.717, 1.165) is 18.0 Å². The molecule has 1 aliphatic carbocycles. The molecule has 2 fully saturated rings. The average Bonchev–Trinajstić information content (AvgIpc) is 3.01. The normalized spacial score (nSPS) is 30.1. The molecule has 92 valence electrons. The molecule has 4 rings (SSSR count). The van der Waals surface area contributed by atoms with Gasteiger partial charge >= 0.3 is 0 Å². The first kappa shape index (κ1) is 10.3. The lowest BCUT2D eigenvalue weighted by atomic mass is 9.87. The van der Waals surface area contributed by atoms with Crippen molar-refractivity contribution in [3.05, 3.63) is 40.4 Å². The zero-order valence-corrected chi connectivity index (χ0v) is 10.0. The summed E-state index contributed by atoms with van der Waals surface area (Å²) < 4.78 is 0. The van der Waals surface area contributed by atoms with Crippen molar-refractivity contribution >= 4 is 10.9 Å². The average molecular weight is 241 g/mol. The van der Waals surface area contributed by atoms with Gasteiger partial charge < -0.3 is 10.3 Å². The molecule has 1 saturated carbocycles. The molecule has 2 bridgehead atoms. The van der Waals surface area contributed by atoms with Crippen LogP contribution in [0.1, 0.15) is 24.3 Å². The van der Waals surface area contributed by atoms with Gasteiger partial charge in [0.05, 0.1) is 17.2 Å². The van der Waals surface area contributed by atoms with Crippen LogP contribution in [-0.2, 0) is 0 Å². The van der Waals surface area contributed by atoms with Gasteiger partial charge in [0.2, 0.25) is 0 Å². The highest BCUT2D eigenvalue weighted by atomic mass is 16.1. The van der Waals surface area contributed by atoms with E-state index in [4.69, 9.17) is 0 Å². The first-order valence-electron chi connectivity index (χ1n) is 6.52. The van der Waals surface area contributed by atoms with Crippen molar-refractivity contribution in [1.29, 1.82) is 0 Å². The lowest BCUT2D eigenvalue weighted by Crippen LogP contribution is -2.28. The number of hydrogen-bond donors (Lipinski definition) is 2. The number of nitrogens with one attached hydrogen (secondary N) is 2. The third-order valence-electron chi connectivity index (χ3n) is 4.46. The summed E-state index contributed by atoms with van der Waals surface area (Å²) in [4.78, 5) is 18.6. The molecule has 0 amide bonds. The molecule has 4 nitrogen and oxygen atoms in total. The second-order valence-corrected chi connectivity index (χ2v) is 5.45. The smallest absolute Gasteiger partial charge is 0.258 e. The molecular weight excluding hydrogens is 226 g/mol. The second kappa shape index (κ2) is 3.65. The van der Waals surface area contributed by atoms with Gasteiger partial charge in [-0.1, -0.05) is 6.07 Å². The third kappa shape index (κ3) is 1.42. The van der Waals surface area contributed by atoms with E-state index in [1.807, 2.05) is 12.1 Å². The van der Waals surface area contributed by atoms with Crippen LogP contribution < -0.4 is 10.9 Å². The monoisotopic (exact) mass is 241 g/mol. The molecule has 2 heterocycles. The van der Waals surface area contributed by atoms with Gasteiger partial charge in [-0.05, 0) is 48.9 Å². The fourth-order valence-corrected chi connectivity index (χ4v) is 3.56. The quantitative estimate of drug-likeness (QED) is 0.793. The van der Waals surface area contributed by atoms with E-state index >= 15 is 0 Å². The molecule has 2 N–H and O–H groups in total. The maximum absolute atomic E-state index is 11.8. The van der Waals surface area contributed by atoms with E-state index in [1.54, 1.807) is 0 Å². The number of fused-ring (bicyclic) bond motifs is 3. The Morgan fingerprint density at radius 2 is 2.22 bits per heavy atom. The maximum atomic E-state index is 11.8. The SMILES string of the molecule is O=c1[nH]cnc2ccc(C3CC4CC3CN4)cc12. The Labute approximate surface area is 104 Å². The van der Waals surface area contributed by atoms with Crippen molar-refractivity contribution in [1.82, 2.24) is 15.3 Å². The van der Waals surface area contributed by atoms with Crippen molar-refractivity contribution in [2.24, 2.45) is 5.92 Å². The lowest BCUT2D eigenvalue weighted by Gasteiger charge is -2.22. The molecular formula is C14H15N3O. The first-order valence-corrected chi connectivity index (χ1v) is 6.52. The standard InChI is InChI=1S/C14H15N3O/c18-14-12-4-8(1-2-13(12)16-7-17-14)11-5-10-3-9(11)6-15-10/h1-2,4,7,9-11,15H,3,5-6H2,(H,16,17,18). The van der Waals surface area contributed by atoms with E-state index in [1.165, 1.54) is 24.7 Å². The number of aromatic amines is 1. The molecule has 1 saturated heterocycles. The number of H-pyrrole nitrogens is 1. The van der Waals surface area contributed by atoms with Crippen molar-refractivity contribution in [2.45, 2.75) is 24.8 Å². The van der Waals surface area contributed by atoms with E-state index in [9.17, 15) is 4.79 Å². The van der Waals surface area contributed by atoms with Crippen molar-refractivity contribution in [2.75, 3.05) is 6.54 Å². The minimum Gasteiger partial charge on any atom is -0.314 e. The minimum absolute atomic E-state index is 0.0388. The Kier molecular flexibility index (Phi) is 2.08. The van der Waals surface area contributed by atoms with Crippen molar-refractivity contribution < 1.29 is 0 Å². The van der Waals surface area contributed by atoms with Crippen LogP contribution in [0.4, 0.5) is 0 Å². The Morgan fingerprint density at radius 3 is 3.00 bits per heavy atom. The Morgan fingerprint density at radius 1 is 1.28 bits per heavy atom. The van der Waals surface area contributed by atoms with E-state index in [0.29, 0.717) is 17.3 Å². The molecule has 0 spiro atoms. The van der Waals surface area contributed by atoms with Crippen LogP contribution in [0.15, 0.2) is 29.3 Å². The van der Waals surface area contributed by atoms with E-state index in [-0.39, 0.29) is 5.56 Å². The summed E-state index contributed by atoms with van der Waals surface area (Å²) in [5.41, 5.74) is 2.04. The molecule has 1 aromatic heterocycles. The van der Waals surface area contributed by atoms with Gasteiger partial charge in [-0.15, -0.1) is 0 Å². The number of hydrogen-bond acceptors (Lipinski definition) is 3. The summed E-state index contributed by atoms with van der Waals surface area (Å²) >= 11 is 0. The van der Waals surface area contributed by atoms with Crippen LogP contribution in [0.5, 0.6) is 0 Å². The summed E-state index contributed by atoms with van der Waals surface area (Å²) in [5.74, 6) is 1.35. The number of piperidine rings is 1. The Hall–Kier alpha value is -1.68. The van der Waals surface area contributed by atoms with Crippen LogP contribution in [0.25, 0.3) is 10.9 Å². The summed E-state index contributed by atoms with van der Waals surface area (Å²) in [6.07, 6.45) is 3.95. The van der Waals surface area contributed by atoms with Crippen LogP contribution in [0, 0.1) is 5.92 Å². The Bertz CT molecular complexity index is 663. The molecule has 3 atom stereocenters. The predicted molar refractivity (Wildman–Crippen MR) is 69.6 cm³/mol. The van der Waals surface area contributed by atoms with Gasteiger partial charge in [0.1, 0.15) is 0 Å². The highest BCUT2D eigenvalue weighted by molar-refractivity contribution is 5.78. The minimum atomic E-state index is -0.0388. The van der Waals surface area contributed by atoms with Crippen LogP contribution in [0.3, 0.4) is 0 Å². The summed E-state index contributed by atoms with van der Waals surface area (Å²) in [6.45, 7) is 1.12. The fraction of sp³-hybridized carbons (Fsp3) is 0.429. The van der Waals surface area contributed by atoms with Crippen LogP contribution in [-0.4, -0.2) is 22.6 Å². The summed E-state index contributed by atoms with van der Waals surface area (Å²) in [6, 6.07) is 6.83. The molecule has 0 radical (unpaired) electrons. The van der Waals surface area contributed by atoms with Crippen molar-refractivity contribution in [3.8, 4) is 0 Å². The topological polar surface area (TPSA) is 57.8 Å². The van der Waals surface area contributed by atoms with Crippen LogP contribution >= 0.6 is 0 Å². The van der Waals surface area contributed by atoms with Gasteiger partial charge in [0.25, 0.3) is 5.56 Å². The first-order chi connectivity index (χ1) is 8.81. The molecule has 4 heteroatoms.